The van der Waals surface area contributed by atoms with Crippen LogP contribution in [-0.4, -0.2) is 47.5 Å². The fourth-order valence-electron chi connectivity index (χ4n) is 4.67. The summed E-state index contributed by atoms with van der Waals surface area (Å²) >= 11 is 0. The average Bonchev–Trinajstić information content (AvgIpc) is 3.13. The molecule has 8 nitrogen and oxygen atoms in total. The third-order valence-electron chi connectivity index (χ3n) is 6.47. The Kier molecular flexibility index (Phi) is 6.33. The molecule has 1 saturated heterocycles. The maximum atomic E-state index is 13.9. The van der Waals surface area contributed by atoms with Crippen molar-refractivity contribution >= 4 is 23.5 Å². The van der Waals surface area contributed by atoms with Crippen LogP contribution < -0.4 is 20.1 Å². The monoisotopic (exact) mass is 485 g/mol. The topological polar surface area (TPSA) is 97.0 Å². The van der Waals surface area contributed by atoms with Gasteiger partial charge in [0.15, 0.2) is 11.5 Å². The van der Waals surface area contributed by atoms with Gasteiger partial charge in [0.1, 0.15) is 24.8 Å². The Balaban J connectivity index is 1.38. The van der Waals surface area contributed by atoms with Crippen molar-refractivity contribution in [3.8, 4) is 11.5 Å². The number of anilines is 1. The number of carbonyl (C=O) groups excluding carboxylic acids is 3. The van der Waals surface area contributed by atoms with E-state index in [1.54, 1.807) is 25.1 Å². The van der Waals surface area contributed by atoms with Crippen molar-refractivity contribution in [2.75, 3.05) is 18.5 Å². The number of fused-ring (bicyclic) bond motifs is 1. The molecule has 1 atom stereocenters. The molecule has 8 heteroatoms. The highest BCUT2D eigenvalue weighted by Gasteiger charge is 2.53. The van der Waals surface area contributed by atoms with Crippen molar-refractivity contribution in [1.29, 1.82) is 0 Å². The van der Waals surface area contributed by atoms with Crippen LogP contribution in [0.15, 0.2) is 78.9 Å². The Hall–Kier alpha value is -4.33. The van der Waals surface area contributed by atoms with Gasteiger partial charge in [-0.25, -0.2) is 9.69 Å². The van der Waals surface area contributed by atoms with E-state index in [4.69, 9.17) is 9.47 Å². The van der Waals surface area contributed by atoms with Crippen LogP contribution in [0.1, 0.15) is 18.1 Å². The average molecular weight is 486 g/mol. The van der Waals surface area contributed by atoms with Gasteiger partial charge in [0.05, 0.1) is 0 Å². The Bertz CT molecular complexity index is 1240. The van der Waals surface area contributed by atoms with E-state index >= 15 is 0 Å². The first-order chi connectivity index (χ1) is 17.4. The lowest BCUT2D eigenvalue weighted by atomic mass is 9.84. The molecule has 0 spiro atoms. The van der Waals surface area contributed by atoms with E-state index in [-0.39, 0.29) is 0 Å². The maximum absolute atomic E-state index is 13.9. The molecule has 184 valence electrons. The van der Waals surface area contributed by atoms with Crippen LogP contribution in [0.4, 0.5) is 10.5 Å². The minimum Gasteiger partial charge on any atom is -0.486 e. The number of imide groups is 1. The number of hydrogen-bond donors (Lipinski definition) is 2. The van der Waals surface area contributed by atoms with Gasteiger partial charge in [-0.15, -0.1) is 0 Å². The second kappa shape index (κ2) is 9.73. The first-order valence-corrected chi connectivity index (χ1v) is 11.9. The predicted molar refractivity (Wildman–Crippen MR) is 134 cm³/mol. The van der Waals surface area contributed by atoms with Gasteiger partial charge in [0.25, 0.3) is 5.91 Å². The molecule has 3 aromatic carbocycles. The molecule has 2 aliphatic heterocycles. The molecule has 5 rings (SSSR count). The molecule has 1 fully saturated rings. The second-order valence-corrected chi connectivity index (χ2v) is 9.04. The number of urea groups is 1. The van der Waals surface area contributed by atoms with Gasteiger partial charge in [-0.05, 0) is 30.2 Å². The van der Waals surface area contributed by atoms with Gasteiger partial charge in [-0.3, -0.25) is 9.59 Å². The summed E-state index contributed by atoms with van der Waals surface area (Å²) in [5, 5.41) is 5.71. The lowest BCUT2D eigenvalue weighted by molar-refractivity contribution is -0.136. The van der Waals surface area contributed by atoms with Crippen molar-refractivity contribution in [2.24, 2.45) is 0 Å². The third-order valence-corrected chi connectivity index (χ3v) is 6.47. The van der Waals surface area contributed by atoms with Crippen LogP contribution in [-0.2, 0) is 22.4 Å². The van der Waals surface area contributed by atoms with Gasteiger partial charge >= 0.3 is 6.03 Å². The van der Waals surface area contributed by atoms with Crippen molar-refractivity contribution < 1.29 is 23.9 Å². The van der Waals surface area contributed by atoms with Gasteiger partial charge < -0.3 is 20.1 Å². The highest BCUT2D eigenvalue weighted by atomic mass is 16.6. The Morgan fingerprint density at radius 2 is 1.50 bits per heavy atom. The number of nitrogens with one attached hydrogen (secondary N) is 2. The molecule has 3 aromatic rings. The Morgan fingerprint density at radius 3 is 2.11 bits per heavy atom. The van der Waals surface area contributed by atoms with Crippen molar-refractivity contribution in [3.05, 3.63) is 90.0 Å². The van der Waals surface area contributed by atoms with Crippen LogP contribution in [0.5, 0.6) is 11.5 Å². The number of hydrogen-bond acceptors (Lipinski definition) is 5. The molecular formula is C28H27N3O5. The first-order valence-electron chi connectivity index (χ1n) is 11.9. The predicted octanol–water partition coefficient (Wildman–Crippen LogP) is 3.56. The molecule has 1 unspecified atom stereocenters. The Labute approximate surface area is 209 Å². The van der Waals surface area contributed by atoms with Crippen LogP contribution in [0.3, 0.4) is 0 Å². The molecule has 2 heterocycles. The standard InChI is InChI=1S/C28H27N3O5/c1-19(25(32)29-22-12-13-23-24(16-22)36-15-14-35-23)31-26(33)28(30-27(31)34,17-20-8-4-2-5-9-20)18-21-10-6-3-7-11-21/h2-13,16,19H,14-15,17-18H2,1H3,(H,29,32)(H,30,34). The highest BCUT2D eigenvalue weighted by Crippen LogP contribution is 2.33. The molecule has 0 saturated carbocycles. The fraction of sp³-hybridized carbons (Fsp3) is 0.250. The molecule has 2 N–H and O–H groups in total. The number of benzene rings is 3. The molecule has 0 radical (unpaired) electrons. The van der Waals surface area contributed by atoms with E-state index in [9.17, 15) is 14.4 Å². The quantitative estimate of drug-likeness (QED) is 0.499. The number of rotatable bonds is 7. The number of amides is 4. The minimum absolute atomic E-state index is 0.306. The summed E-state index contributed by atoms with van der Waals surface area (Å²) in [5.41, 5.74) is 1.11. The summed E-state index contributed by atoms with van der Waals surface area (Å²) in [6.07, 6.45) is 0.612. The third kappa shape index (κ3) is 4.62. The number of carbonyl (C=O) groups is 3. The first kappa shape index (κ1) is 23.4. The number of nitrogens with zero attached hydrogens (tertiary/aromatic N) is 1. The highest BCUT2D eigenvalue weighted by molar-refractivity contribution is 6.11. The van der Waals surface area contributed by atoms with Crippen LogP contribution in [0.25, 0.3) is 0 Å². The van der Waals surface area contributed by atoms with Gasteiger partial charge in [0.2, 0.25) is 5.91 Å². The smallest absolute Gasteiger partial charge is 0.325 e. The summed E-state index contributed by atoms with van der Waals surface area (Å²) in [7, 11) is 0. The second-order valence-electron chi connectivity index (χ2n) is 9.04. The van der Waals surface area contributed by atoms with Crippen LogP contribution >= 0.6 is 0 Å². The minimum atomic E-state index is -1.20. The number of ether oxygens (including phenoxy) is 2. The van der Waals surface area contributed by atoms with Crippen molar-refractivity contribution in [2.45, 2.75) is 31.3 Å². The van der Waals surface area contributed by atoms with E-state index in [1.807, 2.05) is 60.7 Å². The van der Waals surface area contributed by atoms with E-state index in [0.717, 1.165) is 16.0 Å². The summed E-state index contributed by atoms with van der Waals surface area (Å²) in [6.45, 7) is 2.44. The van der Waals surface area contributed by atoms with E-state index in [1.165, 1.54) is 0 Å². The van der Waals surface area contributed by atoms with Gasteiger partial charge in [-0.2, -0.15) is 0 Å². The largest absolute Gasteiger partial charge is 0.486 e. The summed E-state index contributed by atoms with van der Waals surface area (Å²) < 4.78 is 11.1. The van der Waals surface area contributed by atoms with Gasteiger partial charge in [-0.1, -0.05) is 60.7 Å². The van der Waals surface area contributed by atoms with Crippen LogP contribution in [0, 0.1) is 0 Å². The zero-order valence-electron chi connectivity index (χ0n) is 19.9. The summed E-state index contributed by atoms with van der Waals surface area (Å²) in [5.74, 6) is 0.231. The van der Waals surface area contributed by atoms with Crippen molar-refractivity contribution in [3.63, 3.8) is 0 Å². The zero-order valence-corrected chi connectivity index (χ0v) is 19.9. The van der Waals surface area contributed by atoms with Crippen LogP contribution in [0.2, 0.25) is 0 Å². The molecule has 0 aromatic heterocycles. The fourth-order valence-corrected chi connectivity index (χ4v) is 4.67. The molecular weight excluding hydrogens is 458 g/mol. The summed E-state index contributed by atoms with van der Waals surface area (Å²) in [6, 6.07) is 22.5. The normalized spacial score (nSPS) is 16.9. The lowest BCUT2D eigenvalue weighted by Gasteiger charge is -2.28. The van der Waals surface area contributed by atoms with E-state index in [0.29, 0.717) is 43.2 Å². The maximum Gasteiger partial charge on any atom is 0.325 e. The van der Waals surface area contributed by atoms with E-state index < -0.39 is 29.4 Å². The lowest BCUT2D eigenvalue weighted by Crippen LogP contribution is -2.52. The van der Waals surface area contributed by atoms with Gasteiger partial charge in [0, 0.05) is 24.6 Å². The zero-order chi connectivity index (χ0) is 25.1. The van der Waals surface area contributed by atoms with Crippen molar-refractivity contribution in [1.82, 2.24) is 10.2 Å². The van der Waals surface area contributed by atoms with E-state index in [2.05, 4.69) is 10.6 Å². The molecule has 36 heavy (non-hydrogen) atoms. The summed E-state index contributed by atoms with van der Waals surface area (Å²) in [4.78, 5) is 41.2. The molecule has 4 amide bonds. The molecule has 2 aliphatic rings. The molecule has 0 bridgehead atoms. The Morgan fingerprint density at radius 1 is 0.917 bits per heavy atom. The SMILES string of the molecule is CC(C(=O)Nc1ccc2c(c1)OCCO2)N1C(=O)NC(Cc2ccccc2)(Cc2ccccc2)C1=O. The molecule has 0 aliphatic carbocycles.